The molecule has 178 valence electrons. The quantitative estimate of drug-likeness (QED) is 0.0992. The molecule has 0 radical (unpaired) electrons. The minimum Gasteiger partial charge on any atom is -0.382 e. The molecule has 1 aromatic heterocycles. The van der Waals surface area contributed by atoms with Crippen LogP contribution in [0, 0.1) is 24.2 Å². The Morgan fingerprint density at radius 2 is 1.84 bits per heavy atom. The number of ether oxygens (including phenoxy) is 2. The molecule has 0 spiro atoms. The van der Waals surface area contributed by atoms with E-state index in [1.165, 1.54) is 18.4 Å². The van der Waals surface area contributed by atoms with E-state index in [9.17, 15) is 25.0 Å². The Kier molecular flexibility index (Phi) is 16.2. The second kappa shape index (κ2) is 17.8. The van der Waals surface area contributed by atoms with Crippen molar-refractivity contribution in [2.24, 2.45) is 0 Å². The Morgan fingerprint density at radius 1 is 1.22 bits per heavy atom. The average molecular weight is 512 g/mol. The van der Waals surface area contributed by atoms with Crippen LogP contribution in [0.3, 0.4) is 0 Å². The van der Waals surface area contributed by atoms with Crippen LogP contribution in [-0.4, -0.2) is 66.3 Å². The monoisotopic (exact) mass is 511 g/mol. The second-order valence-electron chi connectivity index (χ2n) is 5.19. The van der Waals surface area contributed by atoms with Crippen molar-refractivity contribution in [2.75, 3.05) is 39.3 Å². The van der Waals surface area contributed by atoms with E-state index >= 15 is 0 Å². The molecular formula is C15H21N5O9S3. The number of H-pyrrole nitrogens is 1. The first-order valence-electron chi connectivity index (χ1n) is 8.38. The zero-order valence-electron chi connectivity index (χ0n) is 16.6. The number of benzene rings is 1. The van der Waals surface area contributed by atoms with Gasteiger partial charge in [-0.3, -0.25) is 9.89 Å². The first-order valence-corrected chi connectivity index (χ1v) is 10.1. The molecule has 32 heavy (non-hydrogen) atoms. The van der Waals surface area contributed by atoms with E-state index in [0.29, 0.717) is 14.6 Å². The van der Waals surface area contributed by atoms with Gasteiger partial charge in [0.15, 0.2) is 3.95 Å². The van der Waals surface area contributed by atoms with Crippen molar-refractivity contribution in [1.82, 2.24) is 10.2 Å². The topological polar surface area (TPSA) is 195 Å². The van der Waals surface area contributed by atoms with Gasteiger partial charge in [-0.05, 0) is 24.4 Å². The smallest absolute Gasteiger partial charge is 0.294 e. The minimum atomic E-state index is -0.959. The van der Waals surface area contributed by atoms with E-state index in [2.05, 4.69) is 44.7 Å². The fourth-order valence-corrected chi connectivity index (χ4v) is 2.42. The van der Waals surface area contributed by atoms with Crippen molar-refractivity contribution in [3.8, 4) is 0 Å². The summed E-state index contributed by atoms with van der Waals surface area (Å²) in [5.74, 6) is 0. The Hall–Kier alpha value is -2.86. The Morgan fingerprint density at radius 3 is 2.25 bits per heavy atom. The van der Waals surface area contributed by atoms with E-state index in [-0.39, 0.29) is 26.4 Å². The molecule has 3 N–H and O–H groups in total. The summed E-state index contributed by atoms with van der Waals surface area (Å²) >= 11 is 9.98. The van der Waals surface area contributed by atoms with Crippen LogP contribution in [0.2, 0.25) is 0 Å². The summed E-state index contributed by atoms with van der Waals surface area (Å²) in [5, 5.41) is 24.4. The molecule has 17 heteroatoms. The van der Waals surface area contributed by atoms with Gasteiger partial charge >= 0.3 is 0 Å². The molecule has 0 saturated heterocycles. The molecule has 1 unspecified atom stereocenters. The third kappa shape index (κ3) is 16.9. The lowest BCUT2D eigenvalue weighted by Crippen LogP contribution is -2.28. The van der Waals surface area contributed by atoms with Crippen molar-refractivity contribution in [3.05, 3.63) is 54.0 Å². The molecule has 0 aliphatic rings. The van der Waals surface area contributed by atoms with Gasteiger partial charge < -0.3 is 24.9 Å². The molecule has 2 rings (SSSR count). The highest BCUT2D eigenvalue weighted by Crippen LogP contribution is 2.05. The number of nitrogen functional groups attached to an aromatic ring is 1. The van der Waals surface area contributed by atoms with Gasteiger partial charge in [0.1, 0.15) is 25.6 Å². The van der Waals surface area contributed by atoms with Crippen LogP contribution in [0.5, 0.6) is 0 Å². The number of aromatic nitrogens is 2. The van der Waals surface area contributed by atoms with Crippen molar-refractivity contribution in [2.45, 2.75) is 11.0 Å². The van der Waals surface area contributed by atoms with E-state index in [1.54, 1.807) is 24.3 Å². The van der Waals surface area contributed by atoms with Gasteiger partial charge in [-0.2, -0.15) is 0 Å². The van der Waals surface area contributed by atoms with Crippen molar-refractivity contribution in [1.29, 1.82) is 0 Å². The number of carbonyl (C=O) groups is 1. The van der Waals surface area contributed by atoms with Gasteiger partial charge in [-0.15, -0.1) is 38.0 Å². The lowest BCUT2D eigenvalue weighted by Gasteiger charge is -2.15. The molecule has 0 aliphatic heterocycles. The summed E-state index contributed by atoms with van der Waals surface area (Å²) in [7, 11) is 1.38. The molecule has 1 atom stereocenters. The predicted octanol–water partition coefficient (Wildman–Crippen LogP) is 2.01. The predicted molar refractivity (Wildman–Crippen MR) is 118 cm³/mol. The second-order valence-corrected chi connectivity index (χ2v) is 7.40. The van der Waals surface area contributed by atoms with E-state index in [0.717, 1.165) is 11.2 Å². The number of rotatable bonds is 11. The number of hydrogen-bond acceptors (Lipinski definition) is 14. The third-order valence-electron chi connectivity index (χ3n) is 2.84. The fourth-order valence-electron chi connectivity index (χ4n) is 1.60. The number of nitrogens with zero attached hydrogens (tertiary/aromatic N) is 3. The summed E-state index contributed by atoms with van der Waals surface area (Å²) in [4.78, 5) is 38.7. The van der Waals surface area contributed by atoms with Gasteiger partial charge in [0.2, 0.25) is 5.13 Å². The fraction of sp³-hybridized carbons (Fsp3) is 0.400. The van der Waals surface area contributed by atoms with Crippen molar-refractivity contribution in [3.63, 3.8) is 0 Å². The van der Waals surface area contributed by atoms with Gasteiger partial charge in [0.05, 0.1) is 13.2 Å². The van der Waals surface area contributed by atoms with Gasteiger partial charge in [0, 0.05) is 17.6 Å². The lowest BCUT2D eigenvalue weighted by molar-refractivity contribution is -0.760. The number of methoxy groups -OCH3 is 1. The summed E-state index contributed by atoms with van der Waals surface area (Å²) in [6.45, 7) is -0.576. The molecule has 0 amide bonds. The maximum absolute atomic E-state index is 10.1. The molecular weight excluding hydrogens is 490 g/mol. The van der Waals surface area contributed by atoms with Crippen LogP contribution in [0.25, 0.3) is 0 Å². The van der Waals surface area contributed by atoms with E-state index in [4.69, 9.17) is 15.2 Å². The lowest BCUT2D eigenvalue weighted by atomic mass is 10.2. The summed E-state index contributed by atoms with van der Waals surface area (Å²) < 4.78 is 10.3. The van der Waals surface area contributed by atoms with Crippen LogP contribution < -0.4 is 5.73 Å². The third-order valence-corrected chi connectivity index (χ3v) is 4.05. The van der Waals surface area contributed by atoms with Crippen LogP contribution in [0.15, 0.2) is 29.2 Å². The largest absolute Gasteiger partial charge is 0.382 e. The normalized spacial score (nSPS) is 10.4. The zero-order valence-corrected chi connectivity index (χ0v) is 19.2. The number of aldehydes is 1. The van der Waals surface area contributed by atoms with E-state index < -0.39 is 16.3 Å². The van der Waals surface area contributed by atoms with Gasteiger partial charge in [-0.25, -0.2) is 0 Å². The first-order chi connectivity index (χ1) is 15.2. The number of hydrogen-bond donors (Lipinski definition) is 3. The number of nitrogens with one attached hydrogen (secondary N) is 1. The SMILES string of the molecule is COCC(CO[N+](=O)[O-])OCCO[N+](=O)[O-].Nc1n[nH]c(=S)s1.O=Cc1ccc(S)cc1. The standard InChI is InChI=1S/C7H6OS.C6H12N2O8.C2H3N3S2/c8-5-6-1-3-7(9)4-2-6;1-13-4-6(5-16-8(11)12)14-2-3-15-7(9)10;3-1-4-5-2(6)7-1/h1-5,9H;6H,2-5H2,1H3;(H2,3,4)(H,5,6). The Labute approximate surface area is 196 Å². The summed E-state index contributed by atoms with van der Waals surface area (Å²) in [6, 6.07) is 7.03. The maximum Gasteiger partial charge on any atom is 0.294 e. The van der Waals surface area contributed by atoms with Gasteiger partial charge in [-0.1, -0.05) is 23.5 Å². The number of carbonyl (C=O) groups excluding carboxylic acids is 1. The molecule has 14 nitrogen and oxygen atoms in total. The summed E-state index contributed by atoms with van der Waals surface area (Å²) in [6.07, 6.45) is 0.137. The Balaban J connectivity index is 0.000000499. The highest BCUT2D eigenvalue weighted by Gasteiger charge is 2.11. The first kappa shape index (κ1) is 29.1. The number of nitrogens with two attached hydrogens (primary N) is 1. The molecule has 0 saturated carbocycles. The van der Waals surface area contributed by atoms with Gasteiger partial charge in [0.25, 0.3) is 10.2 Å². The van der Waals surface area contributed by atoms with Crippen LogP contribution >= 0.6 is 36.2 Å². The number of thiol groups is 1. The van der Waals surface area contributed by atoms with Crippen LogP contribution in [-0.2, 0) is 19.1 Å². The van der Waals surface area contributed by atoms with Crippen LogP contribution in [0.4, 0.5) is 5.13 Å². The molecule has 0 fully saturated rings. The number of anilines is 1. The zero-order chi connectivity index (χ0) is 24.4. The number of aromatic amines is 1. The average Bonchev–Trinajstić information content (AvgIpc) is 3.13. The highest BCUT2D eigenvalue weighted by atomic mass is 32.1. The molecule has 0 aliphatic carbocycles. The Bertz CT molecular complexity index is 863. The van der Waals surface area contributed by atoms with Crippen LogP contribution in [0.1, 0.15) is 10.4 Å². The molecule has 1 heterocycles. The molecule has 0 bridgehead atoms. The summed E-state index contributed by atoms with van der Waals surface area (Å²) in [5.41, 5.74) is 5.88. The minimum absolute atomic E-state index is 0.0757. The van der Waals surface area contributed by atoms with E-state index in [1.807, 2.05) is 0 Å². The van der Waals surface area contributed by atoms with Crippen molar-refractivity contribution >= 4 is 47.6 Å². The molecule has 1 aromatic carbocycles. The van der Waals surface area contributed by atoms with Crippen molar-refractivity contribution < 1.29 is 34.1 Å². The molecule has 2 aromatic rings. The highest BCUT2D eigenvalue weighted by molar-refractivity contribution is 7.80. The maximum atomic E-state index is 10.1.